The molecule has 1 aromatic carbocycles. The van der Waals surface area contributed by atoms with Gasteiger partial charge in [0.25, 0.3) is 10.0 Å². The first-order chi connectivity index (χ1) is 7.99. The summed E-state index contributed by atoms with van der Waals surface area (Å²) in [6.45, 7) is 1.69. The van der Waals surface area contributed by atoms with Gasteiger partial charge in [-0.1, -0.05) is 11.6 Å². The Morgan fingerprint density at radius 2 is 2.12 bits per heavy atom. The lowest BCUT2D eigenvalue weighted by Crippen LogP contribution is -2.14. The van der Waals surface area contributed by atoms with Crippen molar-refractivity contribution in [1.82, 2.24) is 10.2 Å². The van der Waals surface area contributed by atoms with Crippen LogP contribution in [-0.2, 0) is 10.0 Å². The van der Waals surface area contributed by atoms with Crippen molar-refractivity contribution in [3.63, 3.8) is 0 Å². The average Bonchev–Trinajstić information content (AvgIpc) is 2.68. The molecule has 0 saturated carbocycles. The van der Waals surface area contributed by atoms with Crippen LogP contribution in [0.3, 0.4) is 0 Å². The molecule has 17 heavy (non-hydrogen) atoms. The zero-order valence-corrected chi connectivity index (χ0v) is 10.5. The number of anilines is 1. The SMILES string of the molecule is Cc1cc(Cl)ccc1S(=O)(=O)Nc1ccn[nH]1. The fourth-order valence-corrected chi connectivity index (χ4v) is 2.90. The molecule has 90 valence electrons. The Bertz CT molecular complexity index is 623. The van der Waals surface area contributed by atoms with Gasteiger partial charge >= 0.3 is 0 Å². The van der Waals surface area contributed by atoms with Crippen molar-refractivity contribution in [1.29, 1.82) is 0 Å². The molecule has 7 heteroatoms. The quantitative estimate of drug-likeness (QED) is 0.898. The van der Waals surface area contributed by atoms with E-state index in [4.69, 9.17) is 11.6 Å². The van der Waals surface area contributed by atoms with Crippen molar-refractivity contribution in [3.05, 3.63) is 41.0 Å². The molecule has 1 heterocycles. The second-order valence-corrected chi connectivity index (χ2v) is 5.57. The van der Waals surface area contributed by atoms with Gasteiger partial charge in [0.2, 0.25) is 0 Å². The van der Waals surface area contributed by atoms with Crippen molar-refractivity contribution in [2.24, 2.45) is 0 Å². The highest BCUT2D eigenvalue weighted by molar-refractivity contribution is 7.92. The molecule has 0 aliphatic carbocycles. The molecule has 0 amide bonds. The number of aromatic amines is 1. The maximum atomic E-state index is 12.0. The normalized spacial score (nSPS) is 11.4. The largest absolute Gasteiger partial charge is 0.264 e. The number of hydrogen-bond acceptors (Lipinski definition) is 3. The molecule has 0 atom stereocenters. The van der Waals surface area contributed by atoms with Crippen LogP contribution in [0, 0.1) is 6.92 Å². The molecule has 0 aliphatic heterocycles. The number of aryl methyl sites for hydroxylation is 1. The fraction of sp³-hybridized carbons (Fsp3) is 0.100. The van der Waals surface area contributed by atoms with Gasteiger partial charge in [-0.25, -0.2) is 8.42 Å². The molecular formula is C10H10ClN3O2S. The summed E-state index contributed by atoms with van der Waals surface area (Å²) in [4.78, 5) is 0.191. The van der Waals surface area contributed by atoms with E-state index in [1.54, 1.807) is 13.0 Å². The summed E-state index contributed by atoms with van der Waals surface area (Å²) in [5.41, 5.74) is 0.588. The zero-order valence-electron chi connectivity index (χ0n) is 8.94. The van der Waals surface area contributed by atoms with Crippen molar-refractivity contribution < 1.29 is 8.42 Å². The summed E-state index contributed by atoms with van der Waals surface area (Å²) in [5.74, 6) is 0.319. The van der Waals surface area contributed by atoms with Gasteiger partial charge in [0.1, 0.15) is 5.82 Å². The first kappa shape index (κ1) is 11.9. The maximum absolute atomic E-state index is 12.0. The minimum absolute atomic E-state index is 0.191. The molecule has 0 fully saturated rings. The Hall–Kier alpha value is -1.53. The van der Waals surface area contributed by atoms with E-state index < -0.39 is 10.0 Å². The number of halogens is 1. The molecule has 2 aromatic rings. The van der Waals surface area contributed by atoms with Crippen LogP contribution in [0.5, 0.6) is 0 Å². The third-order valence-corrected chi connectivity index (χ3v) is 3.93. The van der Waals surface area contributed by atoms with E-state index in [-0.39, 0.29) is 4.90 Å². The van der Waals surface area contributed by atoms with Crippen LogP contribution in [-0.4, -0.2) is 18.6 Å². The van der Waals surface area contributed by atoms with Gasteiger partial charge in [-0.05, 0) is 30.7 Å². The molecular weight excluding hydrogens is 262 g/mol. The molecule has 0 radical (unpaired) electrons. The highest BCUT2D eigenvalue weighted by Gasteiger charge is 2.17. The summed E-state index contributed by atoms with van der Waals surface area (Å²) >= 11 is 5.78. The second kappa shape index (κ2) is 4.38. The van der Waals surface area contributed by atoms with Crippen LogP contribution in [0.1, 0.15) is 5.56 Å². The molecule has 2 N–H and O–H groups in total. The number of hydrogen-bond donors (Lipinski definition) is 2. The van der Waals surface area contributed by atoms with Gasteiger partial charge in [-0.2, -0.15) is 5.10 Å². The maximum Gasteiger partial charge on any atom is 0.263 e. The summed E-state index contributed by atoms with van der Waals surface area (Å²) < 4.78 is 26.4. The van der Waals surface area contributed by atoms with Crippen molar-refractivity contribution >= 4 is 27.4 Å². The van der Waals surface area contributed by atoms with Gasteiger partial charge < -0.3 is 0 Å². The lowest BCUT2D eigenvalue weighted by Gasteiger charge is -2.08. The van der Waals surface area contributed by atoms with Gasteiger partial charge in [-0.15, -0.1) is 0 Å². The lowest BCUT2D eigenvalue weighted by molar-refractivity contribution is 0.600. The summed E-state index contributed by atoms with van der Waals surface area (Å²) in [7, 11) is -3.61. The van der Waals surface area contributed by atoms with E-state index in [0.29, 0.717) is 16.4 Å². The molecule has 0 aliphatic rings. The Balaban J connectivity index is 2.38. The number of nitrogens with one attached hydrogen (secondary N) is 2. The highest BCUT2D eigenvalue weighted by Crippen LogP contribution is 2.21. The Labute approximate surface area is 104 Å². The molecule has 0 saturated heterocycles. The zero-order chi connectivity index (χ0) is 12.5. The van der Waals surface area contributed by atoms with Crippen LogP contribution in [0.2, 0.25) is 5.02 Å². The van der Waals surface area contributed by atoms with E-state index in [9.17, 15) is 8.42 Å². The summed E-state index contributed by atoms with van der Waals surface area (Å²) in [5, 5.41) is 6.69. The van der Waals surface area contributed by atoms with E-state index in [1.807, 2.05) is 0 Å². The first-order valence-corrected chi connectivity index (χ1v) is 6.63. The van der Waals surface area contributed by atoms with E-state index in [0.717, 1.165) is 0 Å². The molecule has 1 aromatic heterocycles. The average molecular weight is 272 g/mol. The van der Waals surface area contributed by atoms with Crippen molar-refractivity contribution in [2.75, 3.05) is 4.72 Å². The Morgan fingerprint density at radius 3 is 2.71 bits per heavy atom. The highest BCUT2D eigenvalue weighted by atomic mass is 35.5. The smallest absolute Gasteiger partial charge is 0.263 e. The van der Waals surface area contributed by atoms with E-state index in [1.165, 1.54) is 24.4 Å². The molecule has 0 unspecified atom stereocenters. The number of benzene rings is 1. The third-order valence-electron chi connectivity index (χ3n) is 2.17. The standard InChI is InChI=1S/C10H10ClN3O2S/c1-7-6-8(11)2-3-9(7)17(15,16)14-10-4-5-12-13-10/h2-6H,1H3,(H2,12,13,14). The lowest BCUT2D eigenvalue weighted by atomic mass is 10.2. The van der Waals surface area contributed by atoms with Gasteiger partial charge in [0.05, 0.1) is 11.1 Å². The minimum Gasteiger partial charge on any atom is -0.264 e. The van der Waals surface area contributed by atoms with Crippen LogP contribution in [0.25, 0.3) is 0 Å². The van der Waals surface area contributed by atoms with Gasteiger partial charge in [0, 0.05) is 11.1 Å². The van der Waals surface area contributed by atoms with Gasteiger partial charge in [0.15, 0.2) is 0 Å². The monoisotopic (exact) mass is 271 g/mol. The van der Waals surface area contributed by atoms with Crippen LogP contribution < -0.4 is 4.72 Å². The number of aromatic nitrogens is 2. The Morgan fingerprint density at radius 1 is 1.35 bits per heavy atom. The molecule has 0 bridgehead atoms. The first-order valence-electron chi connectivity index (χ1n) is 4.77. The predicted molar refractivity (Wildman–Crippen MR) is 65.6 cm³/mol. The fourth-order valence-electron chi connectivity index (χ4n) is 1.43. The van der Waals surface area contributed by atoms with Crippen LogP contribution in [0.15, 0.2) is 35.4 Å². The number of rotatable bonds is 3. The molecule has 2 rings (SSSR count). The van der Waals surface area contributed by atoms with Crippen LogP contribution >= 0.6 is 11.6 Å². The summed E-state index contributed by atoms with van der Waals surface area (Å²) in [6.07, 6.45) is 1.46. The van der Waals surface area contributed by atoms with Crippen molar-refractivity contribution in [3.8, 4) is 0 Å². The third kappa shape index (κ3) is 2.59. The second-order valence-electron chi connectivity index (χ2n) is 3.49. The summed E-state index contributed by atoms with van der Waals surface area (Å²) in [6, 6.07) is 6.14. The molecule has 0 spiro atoms. The number of sulfonamides is 1. The van der Waals surface area contributed by atoms with Crippen LogP contribution in [0.4, 0.5) is 5.82 Å². The van der Waals surface area contributed by atoms with Gasteiger partial charge in [-0.3, -0.25) is 9.82 Å². The van der Waals surface area contributed by atoms with E-state index in [2.05, 4.69) is 14.9 Å². The van der Waals surface area contributed by atoms with Crippen molar-refractivity contribution in [2.45, 2.75) is 11.8 Å². The molecule has 5 nitrogen and oxygen atoms in total. The number of nitrogens with zero attached hydrogens (tertiary/aromatic N) is 1. The minimum atomic E-state index is -3.61. The predicted octanol–water partition coefficient (Wildman–Crippen LogP) is 2.17. The number of H-pyrrole nitrogens is 1. The topological polar surface area (TPSA) is 74.8 Å². The van der Waals surface area contributed by atoms with E-state index >= 15 is 0 Å². The Kier molecular flexibility index (Phi) is 3.08.